The SMILES string of the molecule is CC[C@@H]1CN(Cc2cc(C(c3ccc(C(C)=O)s3)C(C)C(=O)OC)ccc2C)S(=O)(=O)c2cnccc2O1. The molecule has 0 saturated carbocycles. The highest BCUT2D eigenvalue weighted by molar-refractivity contribution is 7.89. The van der Waals surface area contributed by atoms with E-state index in [0.29, 0.717) is 17.0 Å². The van der Waals surface area contributed by atoms with E-state index < -0.39 is 15.9 Å². The molecule has 3 atom stereocenters. The van der Waals surface area contributed by atoms with Gasteiger partial charge in [0.25, 0.3) is 0 Å². The number of esters is 1. The number of carbonyl (C=O) groups excluding carboxylic acids is 2. The first-order chi connectivity index (χ1) is 18.1. The number of aryl methyl sites for hydroxylation is 1. The number of Topliss-reactive ketones (excluding diaryl/α,β-unsaturated/α-hetero) is 1. The third-order valence-electron chi connectivity index (χ3n) is 6.95. The number of sulfonamides is 1. The second kappa shape index (κ2) is 11.3. The molecule has 0 spiro atoms. The molecule has 202 valence electrons. The van der Waals surface area contributed by atoms with Gasteiger partial charge >= 0.3 is 5.97 Å². The topological polar surface area (TPSA) is 103 Å². The van der Waals surface area contributed by atoms with Gasteiger partial charge < -0.3 is 9.47 Å². The van der Waals surface area contributed by atoms with Crippen LogP contribution in [0.15, 0.2) is 53.7 Å². The summed E-state index contributed by atoms with van der Waals surface area (Å²) in [6.07, 6.45) is 3.19. The molecule has 2 aromatic heterocycles. The van der Waals surface area contributed by atoms with E-state index in [9.17, 15) is 18.0 Å². The molecule has 3 heterocycles. The van der Waals surface area contributed by atoms with Crippen LogP contribution >= 0.6 is 11.3 Å². The van der Waals surface area contributed by atoms with E-state index in [4.69, 9.17) is 9.47 Å². The lowest BCUT2D eigenvalue weighted by molar-refractivity contribution is -0.145. The quantitative estimate of drug-likeness (QED) is 0.285. The van der Waals surface area contributed by atoms with Crippen LogP contribution in [-0.4, -0.2) is 49.2 Å². The third kappa shape index (κ3) is 5.52. The highest BCUT2D eigenvalue weighted by Crippen LogP contribution is 2.38. The Morgan fingerprint density at radius 2 is 2.00 bits per heavy atom. The predicted molar refractivity (Wildman–Crippen MR) is 145 cm³/mol. The van der Waals surface area contributed by atoms with Gasteiger partial charge in [-0.2, -0.15) is 4.31 Å². The summed E-state index contributed by atoms with van der Waals surface area (Å²) in [5.41, 5.74) is 2.59. The molecule has 10 heteroatoms. The molecule has 38 heavy (non-hydrogen) atoms. The number of rotatable bonds is 8. The van der Waals surface area contributed by atoms with E-state index >= 15 is 0 Å². The maximum absolute atomic E-state index is 13.7. The summed E-state index contributed by atoms with van der Waals surface area (Å²) in [5, 5.41) is 0. The van der Waals surface area contributed by atoms with Gasteiger partial charge in [-0.05, 0) is 55.2 Å². The Morgan fingerprint density at radius 1 is 1.24 bits per heavy atom. The molecule has 0 fully saturated rings. The molecular weight excluding hydrogens is 524 g/mol. The number of benzene rings is 1. The van der Waals surface area contributed by atoms with Gasteiger partial charge in [-0.1, -0.05) is 32.0 Å². The normalized spacial score (nSPS) is 18.5. The van der Waals surface area contributed by atoms with Crippen molar-refractivity contribution in [1.29, 1.82) is 0 Å². The number of thiophene rings is 1. The van der Waals surface area contributed by atoms with Crippen molar-refractivity contribution in [2.45, 2.75) is 57.6 Å². The average Bonchev–Trinajstić information content (AvgIpc) is 3.35. The highest BCUT2D eigenvalue weighted by atomic mass is 32.2. The standard InChI is InChI=1S/C28H32N2O6S2/c1-6-22-16-30(38(33,34)26-14-29-12-11-23(26)36-22)15-21-13-20(8-7-17(21)2)27(18(3)28(32)35-5)25-10-9-24(37-25)19(4)31/h7-14,18,22,27H,6,15-16H2,1-5H3/t18?,22-,27?/m1/s1. The van der Waals surface area contributed by atoms with Crippen LogP contribution < -0.4 is 4.74 Å². The molecule has 1 aromatic carbocycles. The van der Waals surface area contributed by atoms with Crippen molar-refractivity contribution in [1.82, 2.24) is 9.29 Å². The number of fused-ring (bicyclic) bond motifs is 1. The van der Waals surface area contributed by atoms with Gasteiger partial charge in [0.15, 0.2) is 5.78 Å². The zero-order valence-electron chi connectivity index (χ0n) is 22.1. The van der Waals surface area contributed by atoms with Gasteiger partial charge in [0.1, 0.15) is 16.7 Å². The zero-order valence-corrected chi connectivity index (χ0v) is 23.8. The molecule has 1 aliphatic rings. The Balaban J connectivity index is 1.76. The molecule has 8 nitrogen and oxygen atoms in total. The van der Waals surface area contributed by atoms with Crippen molar-refractivity contribution in [3.05, 3.63) is 75.2 Å². The maximum atomic E-state index is 13.7. The van der Waals surface area contributed by atoms with E-state index in [0.717, 1.165) is 21.6 Å². The van der Waals surface area contributed by atoms with Crippen molar-refractivity contribution < 1.29 is 27.5 Å². The molecule has 0 bridgehead atoms. The van der Waals surface area contributed by atoms with Crippen molar-refractivity contribution in [2.24, 2.45) is 5.92 Å². The minimum Gasteiger partial charge on any atom is -0.488 e. The summed E-state index contributed by atoms with van der Waals surface area (Å²) in [5.74, 6) is -0.976. The van der Waals surface area contributed by atoms with E-state index in [-0.39, 0.29) is 41.8 Å². The van der Waals surface area contributed by atoms with Crippen LogP contribution in [0.5, 0.6) is 5.75 Å². The maximum Gasteiger partial charge on any atom is 0.309 e. The fourth-order valence-electron chi connectivity index (χ4n) is 4.68. The number of nitrogens with zero attached hydrogens (tertiary/aromatic N) is 2. The average molecular weight is 557 g/mol. The van der Waals surface area contributed by atoms with Crippen LogP contribution in [0.1, 0.15) is 64.3 Å². The summed E-state index contributed by atoms with van der Waals surface area (Å²) in [7, 11) is -2.51. The van der Waals surface area contributed by atoms with Gasteiger partial charge in [0.05, 0.1) is 30.6 Å². The Labute approximate surface area is 227 Å². The monoisotopic (exact) mass is 556 g/mol. The molecule has 0 amide bonds. The van der Waals surface area contributed by atoms with Crippen LogP contribution in [0, 0.1) is 12.8 Å². The summed E-state index contributed by atoms with van der Waals surface area (Å²) >= 11 is 1.36. The fourth-order valence-corrected chi connectivity index (χ4v) is 7.33. The van der Waals surface area contributed by atoms with Crippen LogP contribution in [-0.2, 0) is 26.1 Å². The fraction of sp³-hybridized carbons (Fsp3) is 0.393. The van der Waals surface area contributed by atoms with Crippen molar-refractivity contribution >= 4 is 33.1 Å². The molecule has 0 N–H and O–H groups in total. The molecule has 0 saturated heterocycles. The summed E-state index contributed by atoms with van der Waals surface area (Å²) in [6, 6.07) is 11.1. The van der Waals surface area contributed by atoms with Crippen molar-refractivity contribution in [2.75, 3.05) is 13.7 Å². The number of ether oxygens (including phenoxy) is 2. The number of methoxy groups -OCH3 is 1. The van der Waals surface area contributed by atoms with E-state index in [1.54, 1.807) is 19.1 Å². The Kier molecular flexibility index (Phi) is 8.34. The number of carbonyl (C=O) groups is 2. The molecular formula is C28H32N2O6S2. The number of pyridine rings is 1. The van der Waals surface area contributed by atoms with Crippen molar-refractivity contribution in [3.63, 3.8) is 0 Å². The first-order valence-electron chi connectivity index (χ1n) is 12.5. The van der Waals surface area contributed by atoms with Crippen LogP contribution in [0.3, 0.4) is 0 Å². The number of hydrogen-bond acceptors (Lipinski definition) is 8. The van der Waals surface area contributed by atoms with Gasteiger partial charge in [-0.25, -0.2) is 8.42 Å². The van der Waals surface area contributed by atoms with Crippen LogP contribution in [0.2, 0.25) is 0 Å². The van der Waals surface area contributed by atoms with E-state index in [2.05, 4.69) is 4.98 Å². The number of hydrogen-bond donors (Lipinski definition) is 0. The summed E-state index contributed by atoms with van der Waals surface area (Å²) < 4.78 is 39.8. The first kappa shape index (κ1) is 27.9. The summed E-state index contributed by atoms with van der Waals surface area (Å²) in [6.45, 7) is 7.55. The number of aromatic nitrogens is 1. The molecule has 4 rings (SSSR count). The number of ketones is 1. The highest BCUT2D eigenvalue weighted by Gasteiger charge is 2.35. The van der Waals surface area contributed by atoms with Gasteiger partial charge in [-0.15, -0.1) is 11.3 Å². The van der Waals surface area contributed by atoms with E-state index in [1.807, 2.05) is 38.1 Å². The second-order valence-electron chi connectivity index (χ2n) is 9.50. The minimum atomic E-state index is -3.87. The lowest BCUT2D eigenvalue weighted by Gasteiger charge is -2.25. The Bertz CT molecular complexity index is 1450. The van der Waals surface area contributed by atoms with Gasteiger partial charge in [-0.3, -0.25) is 14.6 Å². The molecule has 0 aliphatic carbocycles. The largest absolute Gasteiger partial charge is 0.488 e. The molecule has 1 aliphatic heterocycles. The lowest BCUT2D eigenvalue weighted by Crippen LogP contribution is -2.36. The van der Waals surface area contributed by atoms with E-state index in [1.165, 1.54) is 42.1 Å². The molecule has 2 unspecified atom stereocenters. The first-order valence-corrected chi connectivity index (χ1v) is 14.7. The molecule has 3 aromatic rings. The second-order valence-corrected chi connectivity index (χ2v) is 12.5. The van der Waals surface area contributed by atoms with Gasteiger partial charge in [0, 0.05) is 23.5 Å². The van der Waals surface area contributed by atoms with Crippen LogP contribution in [0.25, 0.3) is 0 Å². The third-order valence-corrected chi connectivity index (χ3v) is 10.0. The molecule has 0 radical (unpaired) electrons. The van der Waals surface area contributed by atoms with Gasteiger partial charge in [0.2, 0.25) is 10.0 Å². The predicted octanol–water partition coefficient (Wildman–Crippen LogP) is 4.96. The van der Waals surface area contributed by atoms with Crippen molar-refractivity contribution in [3.8, 4) is 5.75 Å². The zero-order chi connectivity index (χ0) is 27.6. The smallest absolute Gasteiger partial charge is 0.309 e. The minimum absolute atomic E-state index is 0.0378. The van der Waals surface area contributed by atoms with Crippen LogP contribution in [0.4, 0.5) is 0 Å². The Hall–Kier alpha value is -3.08. The Morgan fingerprint density at radius 3 is 2.66 bits per heavy atom. The summed E-state index contributed by atoms with van der Waals surface area (Å²) in [4.78, 5) is 30.1. The lowest BCUT2D eigenvalue weighted by atomic mass is 9.84.